The SMILES string of the molecule is C/C=C/c1ccc(OCC(=O)Nc2ccc(N3CCOCC3)cc2)c(OC)c1. The number of hydrogen-bond acceptors (Lipinski definition) is 5. The highest BCUT2D eigenvalue weighted by Crippen LogP contribution is 2.28. The van der Waals surface area contributed by atoms with Gasteiger partial charge in [0.2, 0.25) is 0 Å². The second-order valence-corrected chi connectivity index (χ2v) is 6.39. The van der Waals surface area contributed by atoms with Crippen LogP contribution in [0.5, 0.6) is 11.5 Å². The number of benzene rings is 2. The molecule has 2 aromatic carbocycles. The van der Waals surface area contributed by atoms with E-state index in [9.17, 15) is 4.79 Å². The van der Waals surface area contributed by atoms with E-state index < -0.39 is 0 Å². The number of carbonyl (C=O) groups is 1. The monoisotopic (exact) mass is 382 g/mol. The molecule has 1 saturated heterocycles. The van der Waals surface area contributed by atoms with Crippen LogP contribution in [-0.2, 0) is 9.53 Å². The third-order valence-corrected chi connectivity index (χ3v) is 4.43. The van der Waals surface area contributed by atoms with Crippen LogP contribution in [0, 0.1) is 0 Å². The Balaban J connectivity index is 1.54. The van der Waals surface area contributed by atoms with Crippen molar-refractivity contribution in [1.82, 2.24) is 0 Å². The van der Waals surface area contributed by atoms with Crippen molar-refractivity contribution in [2.75, 3.05) is 50.2 Å². The van der Waals surface area contributed by atoms with Crippen molar-refractivity contribution in [3.8, 4) is 11.5 Å². The number of ether oxygens (including phenoxy) is 3. The molecule has 1 N–H and O–H groups in total. The molecular weight excluding hydrogens is 356 g/mol. The number of hydrogen-bond donors (Lipinski definition) is 1. The Morgan fingerprint density at radius 2 is 1.89 bits per heavy atom. The summed E-state index contributed by atoms with van der Waals surface area (Å²) in [7, 11) is 1.58. The summed E-state index contributed by atoms with van der Waals surface area (Å²) in [6, 6.07) is 13.4. The molecule has 1 amide bonds. The predicted octanol–water partition coefficient (Wildman–Crippen LogP) is 3.58. The van der Waals surface area contributed by atoms with E-state index in [0.29, 0.717) is 11.5 Å². The molecule has 1 aliphatic rings. The smallest absolute Gasteiger partial charge is 0.262 e. The Morgan fingerprint density at radius 3 is 2.57 bits per heavy atom. The number of methoxy groups -OCH3 is 1. The normalized spacial score (nSPS) is 14.1. The van der Waals surface area contributed by atoms with Gasteiger partial charge in [-0.3, -0.25) is 4.79 Å². The molecular formula is C22H26N2O4. The molecule has 1 heterocycles. The summed E-state index contributed by atoms with van der Waals surface area (Å²) in [5, 5.41) is 2.85. The van der Waals surface area contributed by atoms with E-state index in [2.05, 4.69) is 10.2 Å². The van der Waals surface area contributed by atoms with Crippen LogP contribution in [-0.4, -0.2) is 45.9 Å². The highest BCUT2D eigenvalue weighted by atomic mass is 16.5. The van der Waals surface area contributed by atoms with Crippen molar-refractivity contribution in [2.24, 2.45) is 0 Å². The van der Waals surface area contributed by atoms with Gasteiger partial charge in [0.05, 0.1) is 20.3 Å². The van der Waals surface area contributed by atoms with Gasteiger partial charge in [0.25, 0.3) is 5.91 Å². The lowest BCUT2D eigenvalue weighted by Gasteiger charge is -2.28. The molecule has 1 fully saturated rings. The molecule has 6 nitrogen and oxygen atoms in total. The molecule has 0 atom stereocenters. The molecule has 28 heavy (non-hydrogen) atoms. The molecule has 0 unspecified atom stereocenters. The van der Waals surface area contributed by atoms with E-state index >= 15 is 0 Å². The van der Waals surface area contributed by atoms with Gasteiger partial charge < -0.3 is 24.4 Å². The van der Waals surface area contributed by atoms with Crippen LogP contribution >= 0.6 is 0 Å². The third kappa shape index (κ3) is 5.27. The van der Waals surface area contributed by atoms with E-state index in [-0.39, 0.29) is 12.5 Å². The lowest BCUT2D eigenvalue weighted by molar-refractivity contribution is -0.118. The van der Waals surface area contributed by atoms with Crippen LogP contribution in [0.25, 0.3) is 6.08 Å². The quantitative estimate of drug-likeness (QED) is 0.793. The summed E-state index contributed by atoms with van der Waals surface area (Å²) in [6.07, 6.45) is 3.92. The van der Waals surface area contributed by atoms with Gasteiger partial charge in [0.15, 0.2) is 18.1 Å². The molecule has 0 spiro atoms. The summed E-state index contributed by atoms with van der Waals surface area (Å²) in [5.74, 6) is 0.908. The summed E-state index contributed by atoms with van der Waals surface area (Å²) >= 11 is 0. The maximum atomic E-state index is 12.2. The number of morpholine rings is 1. The zero-order chi connectivity index (χ0) is 19.8. The van der Waals surface area contributed by atoms with Gasteiger partial charge in [0, 0.05) is 24.5 Å². The van der Waals surface area contributed by atoms with Crippen LogP contribution in [0.15, 0.2) is 48.5 Å². The van der Waals surface area contributed by atoms with Crippen molar-refractivity contribution >= 4 is 23.4 Å². The second kappa shape index (κ2) is 9.80. The molecule has 2 aromatic rings. The average Bonchev–Trinajstić information content (AvgIpc) is 2.74. The van der Waals surface area contributed by atoms with Gasteiger partial charge in [-0.25, -0.2) is 0 Å². The lowest BCUT2D eigenvalue weighted by atomic mass is 10.2. The topological polar surface area (TPSA) is 60.0 Å². The molecule has 0 aromatic heterocycles. The summed E-state index contributed by atoms with van der Waals surface area (Å²) in [5.41, 5.74) is 2.88. The molecule has 6 heteroatoms. The molecule has 0 bridgehead atoms. The maximum Gasteiger partial charge on any atom is 0.262 e. The van der Waals surface area contributed by atoms with Crippen LogP contribution in [0.4, 0.5) is 11.4 Å². The van der Waals surface area contributed by atoms with Gasteiger partial charge in [-0.1, -0.05) is 18.2 Å². The minimum atomic E-state index is -0.223. The largest absolute Gasteiger partial charge is 0.493 e. The second-order valence-electron chi connectivity index (χ2n) is 6.39. The predicted molar refractivity (Wildman–Crippen MR) is 111 cm³/mol. The Morgan fingerprint density at radius 1 is 1.14 bits per heavy atom. The van der Waals surface area contributed by atoms with Crippen LogP contribution in [0.3, 0.4) is 0 Å². The van der Waals surface area contributed by atoms with Crippen molar-refractivity contribution in [2.45, 2.75) is 6.92 Å². The molecule has 3 rings (SSSR count). The summed E-state index contributed by atoms with van der Waals surface area (Å²) < 4.78 is 16.4. The van der Waals surface area contributed by atoms with E-state index in [4.69, 9.17) is 14.2 Å². The highest BCUT2D eigenvalue weighted by Gasteiger charge is 2.12. The first-order valence-electron chi connectivity index (χ1n) is 9.36. The highest BCUT2D eigenvalue weighted by molar-refractivity contribution is 5.92. The Labute approximate surface area is 165 Å². The van der Waals surface area contributed by atoms with Crippen molar-refractivity contribution in [3.63, 3.8) is 0 Å². The van der Waals surface area contributed by atoms with E-state index in [1.54, 1.807) is 13.2 Å². The fourth-order valence-corrected chi connectivity index (χ4v) is 3.02. The molecule has 0 radical (unpaired) electrons. The van der Waals surface area contributed by atoms with E-state index in [1.165, 1.54) is 0 Å². The number of carbonyl (C=O) groups excluding carboxylic acids is 1. The van der Waals surface area contributed by atoms with Gasteiger partial charge in [-0.2, -0.15) is 0 Å². The van der Waals surface area contributed by atoms with Crippen molar-refractivity contribution < 1.29 is 19.0 Å². The number of nitrogens with zero attached hydrogens (tertiary/aromatic N) is 1. The number of rotatable bonds is 7. The van der Waals surface area contributed by atoms with E-state index in [1.807, 2.05) is 55.5 Å². The van der Waals surface area contributed by atoms with Gasteiger partial charge >= 0.3 is 0 Å². The first kappa shape index (κ1) is 19.8. The first-order chi connectivity index (χ1) is 13.7. The standard InChI is InChI=1S/C22H26N2O4/c1-3-4-17-5-10-20(21(15-17)26-2)28-16-22(25)23-18-6-8-19(9-7-18)24-11-13-27-14-12-24/h3-10,15H,11-14,16H2,1-2H3,(H,23,25)/b4-3+. The van der Waals surface area contributed by atoms with E-state index in [0.717, 1.165) is 43.2 Å². The van der Waals surface area contributed by atoms with Crippen molar-refractivity contribution in [1.29, 1.82) is 0 Å². The van der Waals surface area contributed by atoms with Gasteiger partial charge in [-0.05, 0) is 48.9 Å². The van der Waals surface area contributed by atoms with Crippen LogP contribution in [0.1, 0.15) is 12.5 Å². The summed E-state index contributed by atoms with van der Waals surface area (Å²) in [6.45, 7) is 5.12. The molecule has 1 aliphatic heterocycles. The number of amides is 1. The Hall–Kier alpha value is -2.99. The molecule has 0 aliphatic carbocycles. The number of nitrogens with one attached hydrogen (secondary N) is 1. The zero-order valence-corrected chi connectivity index (χ0v) is 16.3. The third-order valence-electron chi connectivity index (χ3n) is 4.43. The number of anilines is 2. The summed E-state index contributed by atoms with van der Waals surface area (Å²) in [4.78, 5) is 14.5. The number of allylic oxidation sites excluding steroid dienone is 1. The van der Waals surface area contributed by atoms with Crippen LogP contribution < -0.4 is 19.7 Å². The first-order valence-corrected chi connectivity index (χ1v) is 9.36. The van der Waals surface area contributed by atoms with Crippen LogP contribution in [0.2, 0.25) is 0 Å². The minimum Gasteiger partial charge on any atom is -0.493 e. The molecule has 148 valence electrons. The fraction of sp³-hybridized carbons (Fsp3) is 0.318. The average molecular weight is 382 g/mol. The zero-order valence-electron chi connectivity index (χ0n) is 16.3. The Kier molecular flexibility index (Phi) is 6.92. The maximum absolute atomic E-state index is 12.2. The lowest BCUT2D eigenvalue weighted by Crippen LogP contribution is -2.36. The fourth-order valence-electron chi connectivity index (χ4n) is 3.02. The van der Waals surface area contributed by atoms with Crippen molar-refractivity contribution in [3.05, 3.63) is 54.1 Å². The van der Waals surface area contributed by atoms with Gasteiger partial charge in [-0.15, -0.1) is 0 Å². The molecule has 0 saturated carbocycles. The minimum absolute atomic E-state index is 0.0927. The van der Waals surface area contributed by atoms with Gasteiger partial charge in [0.1, 0.15) is 0 Å². The Bertz CT molecular complexity index is 812.